The summed E-state index contributed by atoms with van der Waals surface area (Å²) in [7, 11) is 0. The molecular formula is C11H14N2. The summed E-state index contributed by atoms with van der Waals surface area (Å²) in [4.78, 5) is 4.30. The van der Waals surface area contributed by atoms with Gasteiger partial charge in [0.2, 0.25) is 0 Å². The Morgan fingerprint density at radius 3 is 2.46 bits per heavy atom. The molecule has 2 heteroatoms. The van der Waals surface area contributed by atoms with Gasteiger partial charge in [0, 0.05) is 6.20 Å². The van der Waals surface area contributed by atoms with Crippen molar-refractivity contribution >= 4 is 0 Å². The fourth-order valence-corrected chi connectivity index (χ4v) is 1.42. The highest BCUT2D eigenvalue weighted by atomic mass is 14.7. The minimum absolute atomic E-state index is 0.488. The highest BCUT2D eigenvalue weighted by Crippen LogP contribution is 2.23. The predicted octanol–water partition coefficient (Wildman–Crippen LogP) is 2.50. The van der Waals surface area contributed by atoms with Gasteiger partial charge in [-0.15, -0.1) is 0 Å². The number of aromatic nitrogens is 1. The van der Waals surface area contributed by atoms with Gasteiger partial charge in [-0.2, -0.15) is 5.26 Å². The number of pyridine rings is 1. The van der Waals surface area contributed by atoms with E-state index in [0.717, 1.165) is 16.8 Å². The van der Waals surface area contributed by atoms with Gasteiger partial charge < -0.3 is 0 Å². The number of aryl methyl sites for hydroxylation is 2. The molecule has 68 valence electrons. The normalized spacial score (nSPS) is 11.0. The first-order chi connectivity index (χ1) is 5.97. The van der Waals surface area contributed by atoms with Crippen LogP contribution in [0.25, 0.3) is 0 Å². The molecule has 0 spiro atoms. The summed E-state index contributed by atoms with van der Waals surface area (Å²) >= 11 is 0. The van der Waals surface area contributed by atoms with Crippen LogP contribution in [0.2, 0.25) is 0 Å². The van der Waals surface area contributed by atoms with Crippen LogP contribution in [0.1, 0.15) is 30.7 Å². The van der Waals surface area contributed by atoms with E-state index in [0.29, 0.717) is 0 Å². The zero-order chi connectivity index (χ0) is 10.1. The molecular weight excluding hydrogens is 160 g/mol. The van der Waals surface area contributed by atoms with E-state index in [2.05, 4.69) is 17.1 Å². The summed E-state index contributed by atoms with van der Waals surface area (Å²) in [6, 6.07) is 4.31. The van der Waals surface area contributed by atoms with Gasteiger partial charge in [0.15, 0.2) is 0 Å². The maximum atomic E-state index is 8.95. The molecule has 0 aliphatic rings. The van der Waals surface area contributed by atoms with Crippen molar-refractivity contribution < 1.29 is 0 Å². The largest absolute Gasteiger partial charge is 0.259 e. The topological polar surface area (TPSA) is 36.7 Å². The Hall–Kier alpha value is -1.36. The zero-order valence-corrected chi connectivity index (χ0v) is 8.55. The highest BCUT2D eigenvalue weighted by molar-refractivity contribution is 5.32. The molecule has 0 saturated carbocycles. The monoisotopic (exact) mass is 174 g/mol. The Labute approximate surface area is 79.2 Å². The van der Waals surface area contributed by atoms with Crippen LogP contribution in [-0.4, -0.2) is 4.98 Å². The van der Waals surface area contributed by atoms with Crippen molar-refractivity contribution in [3.8, 4) is 6.07 Å². The second-order valence-corrected chi connectivity index (χ2v) is 3.91. The lowest BCUT2D eigenvalue weighted by atomic mass is 9.88. The molecule has 2 nitrogen and oxygen atoms in total. The molecule has 0 radical (unpaired) electrons. The van der Waals surface area contributed by atoms with Crippen LogP contribution in [0.3, 0.4) is 0 Å². The molecule has 0 aromatic carbocycles. The minimum atomic E-state index is -0.488. The van der Waals surface area contributed by atoms with Gasteiger partial charge in [-0.1, -0.05) is 6.07 Å². The summed E-state index contributed by atoms with van der Waals surface area (Å²) in [6.45, 7) is 7.77. The van der Waals surface area contributed by atoms with Crippen molar-refractivity contribution in [3.05, 3.63) is 29.1 Å². The Bertz CT molecular complexity index is 359. The first-order valence-corrected chi connectivity index (χ1v) is 4.32. The average Bonchev–Trinajstić information content (AvgIpc) is 2.03. The van der Waals surface area contributed by atoms with Gasteiger partial charge in [0.05, 0.1) is 17.2 Å². The van der Waals surface area contributed by atoms with Gasteiger partial charge in [-0.05, 0) is 38.8 Å². The molecule has 0 unspecified atom stereocenters. The first kappa shape index (κ1) is 9.73. The maximum Gasteiger partial charge on any atom is 0.0939 e. The molecule has 0 atom stereocenters. The Balaban J connectivity index is 3.26. The molecule has 0 aliphatic carbocycles. The molecule has 13 heavy (non-hydrogen) atoms. The number of rotatable bonds is 1. The third kappa shape index (κ3) is 1.86. The summed E-state index contributed by atoms with van der Waals surface area (Å²) in [5.41, 5.74) is 2.61. The van der Waals surface area contributed by atoms with Crippen LogP contribution in [0.5, 0.6) is 0 Å². The highest BCUT2D eigenvalue weighted by Gasteiger charge is 2.23. The van der Waals surface area contributed by atoms with Crippen molar-refractivity contribution in [2.24, 2.45) is 0 Å². The molecule has 1 aromatic heterocycles. The molecule has 0 aliphatic heterocycles. The van der Waals surface area contributed by atoms with Crippen molar-refractivity contribution in [2.45, 2.75) is 33.1 Å². The molecule has 1 heterocycles. The van der Waals surface area contributed by atoms with E-state index >= 15 is 0 Å². The van der Waals surface area contributed by atoms with Crippen molar-refractivity contribution in [1.82, 2.24) is 4.98 Å². The fraction of sp³-hybridized carbons (Fsp3) is 0.455. The second-order valence-electron chi connectivity index (χ2n) is 3.91. The summed E-state index contributed by atoms with van der Waals surface area (Å²) < 4.78 is 0. The number of hydrogen-bond acceptors (Lipinski definition) is 2. The SMILES string of the molecule is Cc1cnc(C(C)(C)C#N)c(C)c1. The number of hydrogen-bond donors (Lipinski definition) is 0. The van der Waals surface area contributed by atoms with E-state index in [1.165, 1.54) is 0 Å². The Kier molecular flexibility index (Phi) is 2.38. The Morgan fingerprint density at radius 2 is 2.00 bits per heavy atom. The van der Waals surface area contributed by atoms with Crippen molar-refractivity contribution in [2.75, 3.05) is 0 Å². The minimum Gasteiger partial charge on any atom is -0.259 e. The molecule has 0 saturated heterocycles. The lowest BCUT2D eigenvalue weighted by molar-refractivity contribution is 0.652. The average molecular weight is 174 g/mol. The molecule has 1 aromatic rings. The second kappa shape index (κ2) is 3.18. The van der Waals surface area contributed by atoms with Crippen LogP contribution in [0.4, 0.5) is 0 Å². The zero-order valence-electron chi connectivity index (χ0n) is 8.55. The van der Waals surface area contributed by atoms with Gasteiger partial charge in [0.1, 0.15) is 0 Å². The number of nitrogens with zero attached hydrogens (tertiary/aromatic N) is 2. The van der Waals surface area contributed by atoms with Crippen LogP contribution in [0.15, 0.2) is 12.3 Å². The molecule has 0 amide bonds. The van der Waals surface area contributed by atoms with E-state index in [9.17, 15) is 0 Å². The van der Waals surface area contributed by atoms with Crippen LogP contribution < -0.4 is 0 Å². The van der Waals surface area contributed by atoms with E-state index in [4.69, 9.17) is 5.26 Å². The van der Waals surface area contributed by atoms with Crippen LogP contribution in [-0.2, 0) is 5.41 Å². The van der Waals surface area contributed by atoms with Crippen LogP contribution >= 0.6 is 0 Å². The Morgan fingerprint density at radius 1 is 1.38 bits per heavy atom. The van der Waals surface area contributed by atoms with Gasteiger partial charge >= 0.3 is 0 Å². The lowest BCUT2D eigenvalue weighted by Gasteiger charge is -2.17. The van der Waals surface area contributed by atoms with Crippen LogP contribution in [0, 0.1) is 25.2 Å². The smallest absolute Gasteiger partial charge is 0.0939 e. The molecule has 1 rings (SSSR count). The van der Waals surface area contributed by atoms with Gasteiger partial charge in [0.25, 0.3) is 0 Å². The summed E-state index contributed by atoms with van der Waals surface area (Å²) in [5, 5.41) is 8.95. The molecule has 0 fully saturated rings. The van der Waals surface area contributed by atoms with E-state index in [-0.39, 0.29) is 0 Å². The third-order valence-electron chi connectivity index (χ3n) is 2.09. The third-order valence-corrected chi connectivity index (χ3v) is 2.09. The number of nitriles is 1. The van der Waals surface area contributed by atoms with E-state index < -0.39 is 5.41 Å². The summed E-state index contributed by atoms with van der Waals surface area (Å²) in [6.07, 6.45) is 1.81. The predicted molar refractivity (Wildman–Crippen MR) is 52.4 cm³/mol. The lowest BCUT2D eigenvalue weighted by Crippen LogP contribution is -2.17. The van der Waals surface area contributed by atoms with E-state index in [1.807, 2.05) is 27.7 Å². The van der Waals surface area contributed by atoms with Gasteiger partial charge in [-0.3, -0.25) is 4.98 Å². The summed E-state index contributed by atoms with van der Waals surface area (Å²) in [5.74, 6) is 0. The molecule has 0 bridgehead atoms. The van der Waals surface area contributed by atoms with Crippen molar-refractivity contribution in [3.63, 3.8) is 0 Å². The standard InChI is InChI=1S/C11H14N2/c1-8-5-9(2)10(13-6-8)11(3,4)7-12/h5-6H,1-4H3. The van der Waals surface area contributed by atoms with Gasteiger partial charge in [-0.25, -0.2) is 0 Å². The fourth-order valence-electron chi connectivity index (χ4n) is 1.42. The maximum absolute atomic E-state index is 8.95. The van der Waals surface area contributed by atoms with E-state index in [1.54, 1.807) is 6.20 Å². The molecule has 0 N–H and O–H groups in total. The van der Waals surface area contributed by atoms with Crippen molar-refractivity contribution in [1.29, 1.82) is 5.26 Å². The first-order valence-electron chi connectivity index (χ1n) is 4.32. The quantitative estimate of drug-likeness (QED) is 0.656.